The van der Waals surface area contributed by atoms with Crippen molar-refractivity contribution in [2.75, 3.05) is 30.0 Å². The van der Waals surface area contributed by atoms with Crippen LogP contribution in [0.5, 0.6) is 0 Å². The summed E-state index contributed by atoms with van der Waals surface area (Å²) in [7, 11) is -3.46. The second kappa shape index (κ2) is 4.42. The lowest BCUT2D eigenvalue weighted by molar-refractivity contribution is 0.602. The number of thiophene rings is 1. The molecule has 0 aliphatic carbocycles. The maximum Gasteiger partial charge on any atom is 0.180 e. The van der Waals surface area contributed by atoms with E-state index in [2.05, 4.69) is 0 Å². The van der Waals surface area contributed by atoms with Gasteiger partial charge in [0.1, 0.15) is 20.8 Å². The van der Waals surface area contributed by atoms with Gasteiger partial charge in [-0.05, 0) is 6.42 Å². The summed E-state index contributed by atoms with van der Waals surface area (Å²) >= 11 is 1.12. The van der Waals surface area contributed by atoms with Crippen LogP contribution in [-0.2, 0) is 9.84 Å². The van der Waals surface area contributed by atoms with E-state index in [1.807, 2.05) is 11.0 Å². The zero-order chi connectivity index (χ0) is 13.5. The van der Waals surface area contributed by atoms with Gasteiger partial charge in [0.05, 0.1) is 5.69 Å². The number of anilines is 2. The molecule has 0 aromatic carbocycles. The molecule has 1 aliphatic heterocycles. The first-order valence-corrected chi connectivity index (χ1v) is 8.08. The molecule has 1 aromatic rings. The molecular weight excluding hydrogens is 272 g/mol. The summed E-state index contributed by atoms with van der Waals surface area (Å²) < 4.78 is 23.6. The zero-order valence-electron chi connectivity index (χ0n) is 9.88. The van der Waals surface area contributed by atoms with E-state index in [0.717, 1.165) is 24.0 Å². The van der Waals surface area contributed by atoms with Crippen LogP contribution in [0.2, 0.25) is 0 Å². The largest absolute Gasteiger partial charge is 0.396 e. The fraction of sp³-hybridized carbons (Fsp3) is 0.500. The normalized spacial score (nSPS) is 20.1. The monoisotopic (exact) mass is 286 g/mol. The van der Waals surface area contributed by atoms with Crippen molar-refractivity contribution in [2.24, 2.45) is 5.73 Å². The molecule has 1 aliphatic rings. The third-order valence-electron chi connectivity index (χ3n) is 2.87. The number of hydrogen-bond donors (Lipinski definition) is 2. The number of nitriles is 1. The fourth-order valence-electron chi connectivity index (χ4n) is 2.04. The first-order valence-electron chi connectivity index (χ1n) is 5.37. The van der Waals surface area contributed by atoms with Crippen molar-refractivity contribution in [3.63, 3.8) is 0 Å². The predicted molar refractivity (Wildman–Crippen MR) is 71.4 cm³/mol. The van der Waals surface area contributed by atoms with Crippen molar-refractivity contribution in [3.8, 4) is 6.07 Å². The topological polar surface area (TPSA) is 113 Å². The molecule has 8 heteroatoms. The summed E-state index contributed by atoms with van der Waals surface area (Å²) in [6.07, 6.45) is 1.91. The number of sulfone groups is 1. The summed E-state index contributed by atoms with van der Waals surface area (Å²) in [4.78, 5) is 2.20. The summed E-state index contributed by atoms with van der Waals surface area (Å²) in [5, 5.41) is 9.50. The minimum absolute atomic E-state index is 0.0336. The third kappa shape index (κ3) is 2.16. The van der Waals surface area contributed by atoms with Crippen LogP contribution < -0.4 is 16.4 Å². The van der Waals surface area contributed by atoms with Gasteiger partial charge in [0.2, 0.25) is 0 Å². The Hall–Kier alpha value is -1.30. The Bertz CT molecular complexity index is 615. The molecule has 1 saturated heterocycles. The van der Waals surface area contributed by atoms with Gasteiger partial charge in [-0.1, -0.05) is 0 Å². The van der Waals surface area contributed by atoms with Crippen LogP contribution in [0.3, 0.4) is 0 Å². The quantitative estimate of drug-likeness (QED) is 0.799. The molecule has 2 heterocycles. The second-order valence-corrected chi connectivity index (χ2v) is 7.31. The molecule has 1 atom stereocenters. The SMILES string of the molecule is CS(=O)(=O)c1c(N2CCC(N)C2)sc(C#N)c1N. The van der Waals surface area contributed by atoms with E-state index in [9.17, 15) is 8.42 Å². The molecule has 0 spiro atoms. The highest BCUT2D eigenvalue weighted by Gasteiger charge is 2.30. The number of nitrogens with zero attached hydrogens (tertiary/aromatic N) is 2. The zero-order valence-corrected chi connectivity index (χ0v) is 11.5. The average Bonchev–Trinajstić information content (AvgIpc) is 2.80. The van der Waals surface area contributed by atoms with E-state index in [-0.39, 0.29) is 21.5 Å². The molecule has 1 unspecified atom stereocenters. The van der Waals surface area contributed by atoms with Gasteiger partial charge in [-0.2, -0.15) is 5.26 Å². The van der Waals surface area contributed by atoms with Crippen molar-refractivity contribution in [3.05, 3.63) is 4.88 Å². The summed E-state index contributed by atoms with van der Waals surface area (Å²) in [5.74, 6) is 0. The fourth-order valence-corrected chi connectivity index (χ4v) is 4.58. The lowest BCUT2D eigenvalue weighted by atomic mass is 10.3. The number of hydrogen-bond acceptors (Lipinski definition) is 7. The Morgan fingerprint density at radius 3 is 2.67 bits per heavy atom. The van der Waals surface area contributed by atoms with E-state index < -0.39 is 9.84 Å². The van der Waals surface area contributed by atoms with Crippen molar-refractivity contribution in [1.29, 1.82) is 5.26 Å². The highest BCUT2D eigenvalue weighted by atomic mass is 32.2. The third-order valence-corrected chi connectivity index (χ3v) is 5.32. The maximum absolute atomic E-state index is 11.8. The predicted octanol–water partition coefficient (Wildman–Crippen LogP) is 0.143. The van der Waals surface area contributed by atoms with Crippen molar-refractivity contribution < 1.29 is 8.42 Å². The van der Waals surface area contributed by atoms with E-state index in [0.29, 0.717) is 18.1 Å². The minimum atomic E-state index is -3.46. The molecule has 1 fully saturated rings. The van der Waals surface area contributed by atoms with Gasteiger partial charge in [0, 0.05) is 25.4 Å². The smallest absolute Gasteiger partial charge is 0.180 e. The molecule has 0 saturated carbocycles. The van der Waals surface area contributed by atoms with Gasteiger partial charge in [0.25, 0.3) is 0 Å². The molecular formula is C10H14N4O2S2. The summed E-state index contributed by atoms with van der Waals surface area (Å²) in [6.45, 7) is 1.28. The van der Waals surface area contributed by atoms with Gasteiger partial charge in [-0.25, -0.2) is 8.42 Å². The highest BCUT2D eigenvalue weighted by molar-refractivity contribution is 7.91. The van der Waals surface area contributed by atoms with Crippen molar-refractivity contribution in [2.45, 2.75) is 17.4 Å². The Balaban J connectivity index is 2.57. The standard InChI is InChI=1S/C10H14N4O2S2/c1-18(15,16)9-8(13)7(4-11)17-10(9)14-3-2-6(12)5-14/h6H,2-3,5,12-13H2,1H3. The molecule has 0 bridgehead atoms. The summed E-state index contributed by atoms with van der Waals surface area (Å²) in [6, 6.07) is 1.97. The molecule has 18 heavy (non-hydrogen) atoms. The van der Waals surface area contributed by atoms with E-state index in [1.165, 1.54) is 0 Å². The Morgan fingerprint density at radius 1 is 1.56 bits per heavy atom. The van der Waals surface area contributed by atoms with Crippen LogP contribution in [0.4, 0.5) is 10.7 Å². The Kier molecular flexibility index (Phi) is 3.23. The molecule has 1 aromatic heterocycles. The molecule has 98 valence electrons. The van der Waals surface area contributed by atoms with E-state index >= 15 is 0 Å². The highest BCUT2D eigenvalue weighted by Crippen LogP contribution is 2.42. The Morgan fingerprint density at radius 2 is 2.22 bits per heavy atom. The number of rotatable bonds is 2. The van der Waals surface area contributed by atoms with Gasteiger partial charge in [0.15, 0.2) is 9.84 Å². The number of nitrogens with two attached hydrogens (primary N) is 2. The molecule has 0 radical (unpaired) electrons. The van der Waals surface area contributed by atoms with E-state index in [1.54, 1.807) is 0 Å². The van der Waals surface area contributed by atoms with Crippen molar-refractivity contribution >= 4 is 31.9 Å². The molecule has 2 rings (SSSR count). The van der Waals surface area contributed by atoms with Crippen LogP contribution in [0, 0.1) is 11.3 Å². The Labute approximate surface area is 110 Å². The lowest BCUT2D eigenvalue weighted by Gasteiger charge is -2.17. The van der Waals surface area contributed by atoms with Crippen LogP contribution in [0.25, 0.3) is 0 Å². The van der Waals surface area contributed by atoms with Gasteiger partial charge in [-0.3, -0.25) is 0 Å². The first kappa shape index (κ1) is 13.1. The number of nitrogen functional groups attached to an aromatic ring is 1. The molecule has 6 nitrogen and oxygen atoms in total. The second-order valence-electron chi connectivity index (χ2n) is 4.36. The first-order chi connectivity index (χ1) is 8.34. The van der Waals surface area contributed by atoms with E-state index in [4.69, 9.17) is 16.7 Å². The maximum atomic E-state index is 11.8. The molecule has 4 N–H and O–H groups in total. The van der Waals surface area contributed by atoms with Crippen LogP contribution in [-0.4, -0.2) is 33.8 Å². The van der Waals surface area contributed by atoms with Crippen LogP contribution in [0.1, 0.15) is 11.3 Å². The lowest BCUT2D eigenvalue weighted by Crippen LogP contribution is -2.26. The van der Waals surface area contributed by atoms with Gasteiger partial charge in [-0.15, -0.1) is 11.3 Å². The van der Waals surface area contributed by atoms with Crippen molar-refractivity contribution in [1.82, 2.24) is 0 Å². The van der Waals surface area contributed by atoms with Gasteiger partial charge < -0.3 is 16.4 Å². The van der Waals surface area contributed by atoms with Gasteiger partial charge >= 0.3 is 0 Å². The van der Waals surface area contributed by atoms with Crippen LogP contribution >= 0.6 is 11.3 Å². The molecule has 0 amide bonds. The summed E-state index contributed by atoms with van der Waals surface area (Å²) in [5.41, 5.74) is 11.6. The van der Waals surface area contributed by atoms with Crippen LogP contribution in [0.15, 0.2) is 4.90 Å². The minimum Gasteiger partial charge on any atom is -0.396 e. The average molecular weight is 286 g/mol.